The fourth-order valence-electron chi connectivity index (χ4n) is 5.29. The Balaban J connectivity index is 1.98. The molecule has 200 valence electrons. The number of carbonyl (C=O) groups excluding carboxylic acids is 3. The van der Waals surface area contributed by atoms with E-state index in [1.807, 2.05) is 0 Å². The molecule has 2 aliphatic rings. The molecule has 2 saturated carbocycles. The van der Waals surface area contributed by atoms with Crippen molar-refractivity contribution in [3.8, 4) is 0 Å². The zero-order chi connectivity index (χ0) is 25.8. The van der Waals surface area contributed by atoms with E-state index in [4.69, 9.17) is 4.74 Å². The molecule has 11 nitrogen and oxygen atoms in total. The first-order chi connectivity index (χ1) is 16.8. The van der Waals surface area contributed by atoms with Gasteiger partial charge in [-0.2, -0.15) is 0 Å². The quantitative estimate of drug-likeness (QED) is 0.252. The SMILES string of the molecule is O=C(O)C1CCCCC1C(=O)N(CCO)CCOC(=O)C1CCCCC1C(=O)N(CCO)CCO. The summed E-state index contributed by atoms with van der Waals surface area (Å²) in [5.41, 5.74) is 0. The first-order valence-electron chi connectivity index (χ1n) is 12.6. The summed E-state index contributed by atoms with van der Waals surface area (Å²) in [4.78, 5) is 53.2. The Labute approximate surface area is 206 Å². The minimum absolute atomic E-state index is 0.0149. The lowest BCUT2D eigenvalue weighted by molar-refractivity contribution is -0.159. The fourth-order valence-corrected chi connectivity index (χ4v) is 5.29. The summed E-state index contributed by atoms with van der Waals surface area (Å²) in [6.07, 6.45) is 5.00. The molecule has 2 amide bonds. The molecule has 0 saturated heterocycles. The van der Waals surface area contributed by atoms with Gasteiger partial charge in [0.15, 0.2) is 0 Å². The standard InChI is InChI=1S/C24H40N2O9/c27-13-9-25(10-14-28)22(31)18-6-2-4-8-20(18)24(34)35-16-12-26(11-15-29)21(30)17-5-1-3-7-19(17)23(32)33/h17-20,27-29H,1-16H2,(H,32,33). The molecule has 0 spiro atoms. The van der Waals surface area contributed by atoms with Crippen LogP contribution in [-0.2, 0) is 23.9 Å². The lowest BCUT2D eigenvalue weighted by Gasteiger charge is -2.34. The zero-order valence-electron chi connectivity index (χ0n) is 20.3. The number of amides is 2. The van der Waals surface area contributed by atoms with Crippen molar-refractivity contribution in [3.63, 3.8) is 0 Å². The monoisotopic (exact) mass is 500 g/mol. The topological polar surface area (TPSA) is 165 Å². The second-order valence-electron chi connectivity index (χ2n) is 9.32. The van der Waals surface area contributed by atoms with Gasteiger partial charge in [0, 0.05) is 19.6 Å². The number of carboxylic acids is 1. The van der Waals surface area contributed by atoms with Crippen LogP contribution < -0.4 is 0 Å². The third-order valence-corrected chi connectivity index (χ3v) is 7.12. The summed E-state index contributed by atoms with van der Waals surface area (Å²) in [7, 11) is 0. The van der Waals surface area contributed by atoms with Crippen molar-refractivity contribution in [1.82, 2.24) is 9.80 Å². The molecule has 0 aromatic carbocycles. The van der Waals surface area contributed by atoms with Crippen LogP contribution in [0.2, 0.25) is 0 Å². The van der Waals surface area contributed by atoms with Crippen molar-refractivity contribution >= 4 is 23.8 Å². The third-order valence-electron chi connectivity index (χ3n) is 7.12. The van der Waals surface area contributed by atoms with Gasteiger partial charge in [0.05, 0.1) is 50.0 Å². The van der Waals surface area contributed by atoms with E-state index >= 15 is 0 Å². The number of hydrogen-bond donors (Lipinski definition) is 4. The summed E-state index contributed by atoms with van der Waals surface area (Å²) in [6, 6.07) is 0. The van der Waals surface area contributed by atoms with Gasteiger partial charge in [0.25, 0.3) is 0 Å². The summed E-state index contributed by atoms with van der Waals surface area (Å²) in [5.74, 6) is -4.82. The van der Waals surface area contributed by atoms with Crippen LogP contribution >= 0.6 is 0 Å². The number of ether oxygens (including phenoxy) is 1. The number of carboxylic acid groups (broad SMARTS) is 1. The molecule has 2 rings (SSSR count). The van der Waals surface area contributed by atoms with E-state index < -0.39 is 35.6 Å². The molecule has 2 aliphatic carbocycles. The molecule has 0 aromatic rings. The first kappa shape index (κ1) is 29.0. The van der Waals surface area contributed by atoms with E-state index in [2.05, 4.69) is 0 Å². The van der Waals surface area contributed by atoms with Gasteiger partial charge in [-0.05, 0) is 25.7 Å². The van der Waals surface area contributed by atoms with Crippen molar-refractivity contribution in [3.05, 3.63) is 0 Å². The van der Waals surface area contributed by atoms with Crippen molar-refractivity contribution in [2.75, 3.05) is 52.6 Å². The van der Waals surface area contributed by atoms with Crippen molar-refractivity contribution in [2.24, 2.45) is 23.7 Å². The van der Waals surface area contributed by atoms with E-state index in [1.54, 1.807) is 0 Å². The first-order valence-corrected chi connectivity index (χ1v) is 12.6. The van der Waals surface area contributed by atoms with Crippen LogP contribution in [-0.4, -0.2) is 107 Å². The molecular weight excluding hydrogens is 460 g/mol. The molecule has 4 N–H and O–H groups in total. The third kappa shape index (κ3) is 8.15. The highest BCUT2D eigenvalue weighted by Crippen LogP contribution is 2.33. The molecule has 4 unspecified atom stereocenters. The molecule has 0 radical (unpaired) electrons. The van der Waals surface area contributed by atoms with E-state index in [1.165, 1.54) is 9.80 Å². The normalized spacial score (nSPS) is 24.4. The molecule has 0 aromatic heterocycles. The molecule has 11 heteroatoms. The number of aliphatic hydroxyl groups excluding tert-OH is 3. The average molecular weight is 501 g/mol. The van der Waals surface area contributed by atoms with Crippen LogP contribution in [0.5, 0.6) is 0 Å². The Kier molecular flexibility index (Phi) is 12.4. The smallest absolute Gasteiger partial charge is 0.309 e. The van der Waals surface area contributed by atoms with Gasteiger partial charge < -0.3 is 35.0 Å². The van der Waals surface area contributed by atoms with Gasteiger partial charge in [-0.25, -0.2) is 0 Å². The molecule has 4 atom stereocenters. The van der Waals surface area contributed by atoms with Crippen LogP contribution in [0.25, 0.3) is 0 Å². The number of aliphatic hydroxyl groups is 3. The Morgan fingerprint density at radius 1 is 0.629 bits per heavy atom. The lowest BCUT2D eigenvalue weighted by atomic mass is 9.78. The van der Waals surface area contributed by atoms with E-state index in [9.17, 15) is 39.6 Å². The maximum absolute atomic E-state index is 13.0. The Hall–Kier alpha value is -2.24. The Morgan fingerprint density at radius 3 is 1.49 bits per heavy atom. The van der Waals surface area contributed by atoms with Crippen LogP contribution in [0.4, 0.5) is 0 Å². The lowest BCUT2D eigenvalue weighted by Crippen LogP contribution is -2.46. The maximum Gasteiger partial charge on any atom is 0.309 e. The molecule has 35 heavy (non-hydrogen) atoms. The predicted octanol–water partition coefficient (Wildman–Crippen LogP) is -0.139. The second-order valence-corrected chi connectivity index (χ2v) is 9.32. The maximum atomic E-state index is 13.0. The van der Waals surface area contributed by atoms with Crippen molar-refractivity contribution < 1.29 is 44.3 Å². The molecule has 0 bridgehead atoms. The number of carbonyl (C=O) groups is 4. The van der Waals surface area contributed by atoms with E-state index in [-0.39, 0.29) is 64.4 Å². The second kappa shape index (κ2) is 15.0. The fraction of sp³-hybridized carbons (Fsp3) is 0.833. The number of aliphatic carboxylic acids is 1. The number of rotatable bonds is 13. The minimum atomic E-state index is -0.997. The average Bonchev–Trinajstić information content (AvgIpc) is 2.87. The van der Waals surface area contributed by atoms with Gasteiger partial charge in [-0.3, -0.25) is 19.2 Å². The summed E-state index contributed by atoms with van der Waals surface area (Å²) >= 11 is 0. The highest BCUT2D eigenvalue weighted by molar-refractivity contribution is 5.86. The van der Waals surface area contributed by atoms with Crippen LogP contribution in [0.1, 0.15) is 51.4 Å². The molecular formula is C24H40N2O9. The van der Waals surface area contributed by atoms with E-state index in [0.717, 1.165) is 25.7 Å². The Morgan fingerprint density at radius 2 is 1.03 bits per heavy atom. The highest BCUT2D eigenvalue weighted by atomic mass is 16.5. The number of esters is 1. The van der Waals surface area contributed by atoms with Gasteiger partial charge in [-0.15, -0.1) is 0 Å². The highest BCUT2D eigenvalue weighted by Gasteiger charge is 2.40. The van der Waals surface area contributed by atoms with Gasteiger partial charge >= 0.3 is 11.9 Å². The van der Waals surface area contributed by atoms with Crippen LogP contribution in [0.3, 0.4) is 0 Å². The summed E-state index contributed by atoms with van der Waals surface area (Å²) < 4.78 is 5.45. The van der Waals surface area contributed by atoms with Crippen molar-refractivity contribution in [2.45, 2.75) is 51.4 Å². The molecule has 2 fully saturated rings. The number of nitrogens with zero attached hydrogens (tertiary/aromatic N) is 2. The van der Waals surface area contributed by atoms with Crippen LogP contribution in [0.15, 0.2) is 0 Å². The largest absolute Gasteiger partial charge is 0.481 e. The van der Waals surface area contributed by atoms with Crippen molar-refractivity contribution in [1.29, 1.82) is 0 Å². The Bertz CT molecular complexity index is 711. The molecule has 0 aliphatic heterocycles. The summed E-state index contributed by atoms with van der Waals surface area (Å²) in [5, 5.41) is 37.4. The minimum Gasteiger partial charge on any atom is -0.481 e. The van der Waals surface area contributed by atoms with E-state index in [0.29, 0.717) is 25.7 Å². The predicted molar refractivity (Wildman–Crippen MR) is 124 cm³/mol. The molecule has 0 heterocycles. The number of hydrogen-bond acceptors (Lipinski definition) is 8. The van der Waals surface area contributed by atoms with Gasteiger partial charge in [0.2, 0.25) is 11.8 Å². The zero-order valence-corrected chi connectivity index (χ0v) is 20.3. The van der Waals surface area contributed by atoms with Gasteiger partial charge in [-0.1, -0.05) is 25.7 Å². The van der Waals surface area contributed by atoms with Crippen LogP contribution in [0, 0.1) is 23.7 Å². The summed E-state index contributed by atoms with van der Waals surface area (Å²) in [6.45, 7) is -0.708. The van der Waals surface area contributed by atoms with Gasteiger partial charge in [0.1, 0.15) is 6.61 Å².